The highest BCUT2D eigenvalue weighted by Crippen LogP contribution is 2.12. The summed E-state index contributed by atoms with van der Waals surface area (Å²) in [5, 5.41) is 9.81. The van der Waals surface area contributed by atoms with Gasteiger partial charge in [-0.25, -0.2) is 14.3 Å². The average molecular weight is 318 g/mol. The first-order valence-corrected chi connectivity index (χ1v) is 7.38. The maximum Gasteiger partial charge on any atom is 0.345 e. The van der Waals surface area contributed by atoms with Gasteiger partial charge in [0, 0.05) is 37.1 Å². The van der Waals surface area contributed by atoms with Crippen LogP contribution < -0.4 is 16.3 Å². The number of hydrogen-bond acceptors (Lipinski definition) is 4. The van der Waals surface area contributed by atoms with Crippen LogP contribution in [0.3, 0.4) is 0 Å². The SMILES string of the molecule is Cn1c(-c2cccnc2)nn(CCNC(=O)NC(C)(C)C)c1=O. The summed E-state index contributed by atoms with van der Waals surface area (Å²) in [4.78, 5) is 27.9. The van der Waals surface area contributed by atoms with Crippen LogP contribution in [-0.2, 0) is 13.6 Å². The average Bonchev–Trinajstić information content (AvgIpc) is 2.75. The number of carbonyl (C=O) groups is 1. The minimum Gasteiger partial charge on any atom is -0.336 e. The molecule has 8 heteroatoms. The number of amides is 2. The van der Waals surface area contributed by atoms with E-state index in [1.807, 2.05) is 26.8 Å². The van der Waals surface area contributed by atoms with Crippen molar-refractivity contribution in [1.29, 1.82) is 0 Å². The Morgan fingerprint density at radius 3 is 2.70 bits per heavy atom. The lowest BCUT2D eigenvalue weighted by Gasteiger charge is -2.20. The summed E-state index contributed by atoms with van der Waals surface area (Å²) >= 11 is 0. The Morgan fingerprint density at radius 2 is 2.09 bits per heavy atom. The molecule has 2 heterocycles. The highest BCUT2D eigenvalue weighted by Gasteiger charge is 2.14. The molecule has 0 unspecified atom stereocenters. The number of nitrogens with one attached hydrogen (secondary N) is 2. The van der Waals surface area contributed by atoms with Crippen molar-refractivity contribution in [2.75, 3.05) is 6.54 Å². The van der Waals surface area contributed by atoms with Gasteiger partial charge in [0.15, 0.2) is 5.82 Å². The summed E-state index contributed by atoms with van der Waals surface area (Å²) in [5.41, 5.74) is 0.227. The van der Waals surface area contributed by atoms with Gasteiger partial charge >= 0.3 is 11.7 Å². The molecule has 0 radical (unpaired) electrons. The van der Waals surface area contributed by atoms with Crippen molar-refractivity contribution in [2.45, 2.75) is 32.9 Å². The number of carbonyl (C=O) groups excluding carboxylic acids is 1. The Morgan fingerprint density at radius 1 is 1.35 bits per heavy atom. The largest absolute Gasteiger partial charge is 0.345 e. The molecule has 0 bridgehead atoms. The molecule has 2 aromatic rings. The van der Waals surface area contributed by atoms with Crippen molar-refractivity contribution in [3.63, 3.8) is 0 Å². The summed E-state index contributed by atoms with van der Waals surface area (Å²) in [6.07, 6.45) is 3.32. The second-order valence-electron chi connectivity index (χ2n) is 6.26. The van der Waals surface area contributed by atoms with Crippen LogP contribution in [0.1, 0.15) is 20.8 Å². The van der Waals surface area contributed by atoms with Crippen LogP contribution in [-0.4, -0.2) is 37.4 Å². The second kappa shape index (κ2) is 6.64. The number of rotatable bonds is 4. The van der Waals surface area contributed by atoms with Crippen LogP contribution in [0.2, 0.25) is 0 Å². The van der Waals surface area contributed by atoms with Crippen LogP contribution >= 0.6 is 0 Å². The maximum atomic E-state index is 12.2. The summed E-state index contributed by atoms with van der Waals surface area (Å²) in [7, 11) is 1.66. The van der Waals surface area contributed by atoms with Crippen LogP contribution in [0.15, 0.2) is 29.3 Å². The quantitative estimate of drug-likeness (QED) is 0.869. The summed E-state index contributed by atoms with van der Waals surface area (Å²) < 4.78 is 2.80. The zero-order valence-electron chi connectivity index (χ0n) is 13.8. The number of nitrogens with zero attached hydrogens (tertiary/aromatic N) is 4. The topological polar surface area (TPSA) is 93.8 Å². The minimum atomic E-state index is -0.306. The van der Waals surface area contributed by atoms with Crippen molar-refractivity contribution in [3.8, 4) is 11.4 Å². The van der Waals surface area contributed by atoms with E-state index >= 15 is 0 Å². The van der Waals surface area contributed by atoms with Gasteiger partial charge in [-0.05, 0) is 32.9 Å². The van der Waals surface area contributed by atoms with E-state index in [1.54, 1.807) is 25.5 Å². The van der Waals surface area contributed by atoms with Crippen LogP contribution in [0.25, 0.3) is 11.4 Å². The minimum absolute atomic E-state index is 0.234. The Labute approximate surface area is 134 Å². The lowest BCUT2D eigenvalue weighted by atomic mass is 10.1. The third kappa shape index (κ3) is 4.41. The number of hydrogen-bond donors (Lipinski definition) is 2. The molecule has 0 aliphatic carbocycles. The first-order valence-electron chi connectivity index (χ1n) is 7.38. The third-order valence-corrected chi connectivity index (χ3v) is 3.06. The van der Waals surface area contributed by atoms with Crippen molar-refractivity contribution in [2.24, 2.45) is 7.05 Å². The first-order chi connectivity index (χ1) is 10.8. The maximum absolute atomic E-state index is 12.2. The van der Waals surface area contributed by atoms with E-state index in [9.17, 15) is 9.59 Å². The molecular formula is C15H22N6O2. The lowest BCUT2D eigenvalue weighted by Crippen LogP contribution is -2.47. The van der Waals surface area contributed by atoms with Crippen molar-refractivity contribution in [1.82, 2.24) is 30.0 Å². The van der Waals surface area contributed by atoms with Crippen molar-refractivity contribution in [3.05, 3.63) is 35.0 Å². The number of pyridine rings is 1. The monoisotopic (exact) mass is 318 g/mol. The fourth-order valence-electron chi connectivity index (χ4n) is 2.04. The predicted molar refractivity (Wildman–Crippen MR) is 87.0 cm³/mol. The molecule has 2 aromatic heterocycles. The second-order valence-corrected chi connectivity index (χ2v) is 6.26. The van der Waals surface area contributed by atoms with E-state index < -0.39 is 0 Å². The van der Waals surface area contributed by atoms with E-state index in [4.69, 9.17) is 0 Å². The molecule has 0 aliphatic rings. The fourth-order valence-corrected chi connectivity index (χ4v) is 2.04. The molecular weight excluding hydrogens is 296 g/mol. The van der Waals surface area contributed by atoms with Crippen LogP contribution in [0.4, 0.5) is 4.79 Å². The van der Waals surface area contributed by atoms with Gasteiger partial charge in [-0.1, -0.05) is 0 Å². The van der Waals surface area contributed by atoms with E-state index in [1.165, 1.54) is 9.25 Å². The zero-order chi connectivity index (χ0) is 17.0. The van der Waals surface area contributed by atoms with Crippen molar-refractivity contribution < 1.29 is 4.79 Å². The summed E-state index contributed by atoms with van der Waals surface area (Å²) in [6, 6.07) is 3.36. The molecule has 0 aromatic carbocycles. The fraction of sp³-hybridized carbons (Fsp3) is 0.467. The highest BCUT2D eigenvalue weighted by atomic mass is 16.2. The normalized spacial score (nSPS) is 11.3. The van der Waals surface area contributed by atoms with Gasteiger partial charge in [0.25, 0.3) is 0 Å². The molecule has 0 saturated carbocycles. The number of urea groups is 1. The molecule has 2 amide bonds. The van der Waals surface area contributed by atoms with E-state index in [0.717, 1.165) is 5.56 Å². The number of aromatic nitrogens is 4. The first kappa shape index (κ1) is 16.7. The Bertz CT molecular complexity index is 727. The molecule has 0 spiro atoms. The van der Waals surface area contributed by atoms with Gasteiger partial charge in [0.2, 0.25) is 0 Å². The van der Waals surface area contributed by atoms with Gasteiger partial charge < -0.3 is 10.6 Å². The van der Waals surface area contributed by atoms with E-state index in [-0.39, 0.29) is 17.3 Å². The van der Waals surface area contributed by atoms with E-state index in [0.29, 0.717) is 18.9 Å². The molecule has 124 valence electrons. The molecule has 2 rings (SSSR count). The summed E-state index contributed by atoms with van der Waals surface area (Å²) in [6.45, 7) is 6.30. The molecule has 23 heavy (non-hydrogen) atoms. The van der Waals surface area contributed by atoms with Crippen LogP contribution in [0.5, 0.6) is 0 Å². The Balaban J connectivity index is 2.02. The highest BCUT2D eigenvalue weighted by molar-refractivity contribution is 5.74. The lowest BCUT2D eigenvalue weighted by molar-refractivity contribution is 0.231. The predicted octanol–water partition coefficient (Wildman–Crippen LogP) is 0.741. The molecule has 8 nitrogen and oxygen atoms in total. The standard InChI is InChI=1S/C15H22N6O2/c1-15(2,3)18-13(22)17-8-9-21-14(23)20(4)12(19-21)11-6-5-7-16-10-11/h5-7,10H,8-9H2,1-4H3,(H2,17,18,22). The molecule has 0 aliphatic heterocycles. The Kier molecular flexibility index (Phi) is 4.83. The third-order valence-electron chi connectivity index (χ3n) is 3.06. The molecule has 0 saturated heterocycles. The molecule has 2 N–H and O–H groups in total. The molecule has 0 fully saturated rings. The molecule has 0 atom stereocenters. The van der Waals surface area contributed by atoms with Gasteiger partial charge in [0.1, 0.15) is 0 Å². The van der Waals surface area contributed by atoms with Crippen molar-refractivity contribution >= 4 is 6.03 Å². The van der Waals surface area contributed by atoms with E-state index in [2.05, 4.69) is 20.7 Å². The Hall–Kier alpha value is -2.64. The van der Waals surface area contributed by atoms with Gasteiger partial charge in [-0.3, -0.25) is 9.55 Å². The smallest absolute Gasteiger partial charge is 0.336 e. The van der Waals surface area contributed by atoms with Gasteiger partial charge in [0.05, 0.1) is 6.54 Å². The zero-order valence-corrected chi connectivity index (χ0v) is 13.8. The van der Waals surface area contributed by atoms with Gasteiger partial charge in [-0.15, -0.1) is 5.10 Å². The van der Waals surface area contributed by atoms with Gasteiger partial charge in [-0.2, -0.15) is 0 Å². The summed E-state index contributed by atoms with van der Waals surface area (Å²) in [5.74, 6) is 0.544. The van der Waals surface area contributed by atoms with Crippen LogP contribution in [0, 0.1) is 0 Å².